The molecule has 4 heterocycles. The van der Waals surface area contributed by atoms with Crippen LogP contribution in [0.2, 0.25) is 5.02 Å². The first-order valence-electron chi connectivity index (χ1n) is 11.3. The number of nitrogens with one attached hydrogen (secondary N) is 3. The Hall–Kier alpha value is -3.96. The topological polar surface area (TPSA) is 148 Å². The van der Waals surface area contributed by atoms with Gasteiger partial charge in [0.1, 0.15) is 6.17 Å². The Morgan fingerprint density at radius 3 is 2.78 bits per heavy atom. The number of hydrogen-bond donors (Lipinski definition) is 4. The smallest absolute Gasteiger partial charge is 0.308 e. The number of nitrogens with two attached hydrogens (primary N) is 1. The Labute approximate surface area is 212 Å². The van der Waals surface area contributed by atoms with E-state index in [0.29, 0.717) is 27.9 Å². The van der Waals surface area contributed by atoms with Crippen LogP contribution in [0, 0.1) is 5.41 Å². The molecule has 1 unspecified atom stereocenters. The average Bonchev–Trinajstić information content (AvgIpc) is 3.55. The van der Waals surface area contributed by atoms with E-state index in [-0.39, 0.29) is 24.0 Å². The van der Waals surface area contributed by atoms with Crippen LogP contribution in [0.25, 0.3) is 33.8 Å². The lowest BCUT2D eigenvalue weighted by Gasteiger charge is -2.22. The van der Waals surface area contributed by atoms with Gasteiger partial charge in [-0.1, -0.05) is 44.5 Å². The third-order valence-corrected chi connectivity index (χ3v) is 6.16. The lowest BCUT2D eigenvalue weighted by Crippen LogP contribution is -2.35. The van der Waals surface area contributed by atoms with Gasteiger partial charge < -0.3 is 20.9 Å². The van der Waals surface area contributed by atoms with Gasteiger partial charge in [0.15, 0.2) is 17.2 Å². The van der Waals surface area contributed by atoms with E-state index in [9.17, 15) is 4.79 Å². The first-order valence-corrected chi connectivity index (χ1v) is 11.7. The third-order valence-electron chi connectivity index (χ3n) is 5.81. The molecule has 12 heteroatoms. The molecule has 1 aromatic carbocycles. The average molecular weight is 508 g/mol. The summed E-state index contributed by atoms with van der Waals surface area (Å²) in [5.41, 5.74) is 13.5. The summed E-state index contributed by atoms with van der Waals surface area (Å²) in [4.78, 5) is 34.3. The Kier molecular flexibility index (Phi) is 5.89. The van der Waals surface area contributed by atoms with Gasteiger partial charge in [-0.05, 0) is 23.3 Å². The highest BCUT2D eigenvalue weighted by Crippen LogP contribution is 2.32. The van der Waals surface area contributed by atoms with Gasteiger partial charge in [0, 0.05) is 42.0 Å². The molecule has 0 saturated heterocycles. The summed E-state index contributed by atoms with van der Waals surface area (Å²) in [5.74, 6) is 0.128. The summed E-state index contributed by atoms with van der Waals surface area (Å²) in [7, 11) is 1.80. The largest absolute Gasteiger partial charge is 0.396 e. The number of H-pyrrole nitrogens is 1. The number of benzene rings is 1. The fourth-order valence-electron chi connectivity index (χ4n) is 3.82. The van der Waals surface area contributed by atoms with Crippen molar-refractivity contribution in [2.24, 2.45) is 17.5 Å². The number of imidazole rings is 1. The number of halogens is 1. The first kappa shape index (κ1) is 23.8. The fraction of sp³-hybridized carbons (Fsp3) is 0.292. The van der Waals surface area contributed by atoms with Crippen LogP contribution in [0.15, 0.2) is 41.7 Å². The Morgan fingerprint density at radius 1 is 1.31 bits per heavy atom. The number of hydroxylamine groups is 1. The number of carbonyl (C=O) groups is 1. The van der Waals surface area contributed by atoms with Crippen molar-refractivity contribution >= 4 is 40.3 Å². The Bertz CT molecular complexity index is 1500. The Balaban J connectivity index is 1.35. The second-order valence-corrected chi connectivity index (χ2v) is 10.1. The fourth-order valence-corrected chi connectivity index (χ4v) is 4.07. The molecule has 0 fully saturated rings. The number of fused-ring (bicyclic) bond motifs is 1. The number of nitrogen functional groups attached to an aromatic ring is 1. The second-order valence-electron chi connectivity index (χ2n) is 9.66. The van der Waals surface area contributed by atoms with Crippen LogP contribution >= 0.6 is 11.6 Å². The van der Waals surface area contributed by atoms with E-state index in [4.69, 9.17) is 22.2 Å². The number of anilines is 1. The molecule has 5 N–H and O–H groups in total. The molecule has 3 aromatic heterocycles. The maximum absolute atomic E-state index is 12.5. The third kappa shape index (κ3) is 4.50. The standard InChI is InChI=1S/C24H26ClN9O2/c1-24(2,3)23-31-22(36-33-23)21(35)28-10-13-6-5-12(9-15(13)25)14-7-8-27-19-17(14)29-20(30-19)18-16(26)11-34(4)32-18/h5-9,11,23,33H,10,26H2,1-4H3,(H,28,35)(H,27,29,30). The minimum absolute atomic E-state index is 0.00503. The number of pyridine rings is 1. The molecule has 186 valence electrons. The van der Waals surface area contributed by atoms with Crippen LogP contribution in [0.5, 0.6) is 0 Å². The van der Waals surface area contributed by atoms with Crippen LogP contribution in [0.3, 0.4) is 0 Å². The van der Waals surface area contributed by atoms with Crippen molar-refractivity contribution in [3.8, 4) is 22.6 Å². The molecule has 0 radical (unpaired) electrons. The molecule has 0 spiro atoms. The van der Waals surface area contributed by atoms with E-state index in [1.165, 1.54) is 0 Å². The van der Waals surface area contributed by atoms with Crippen LogP contribution in [-0.2, 0) is 23.2 Å². The number of amides is 1. The molecule has 11 nitrogen and oxygen atoms in total. The summed E-state index contributed by atoms with van der Waals surface area (Å²) < 4.78 is 1.63. The van der Waals surface area contributed by atoms with Crippen molar-refractivity contribution in [1.29, 1.82) is 0 Å². The number of aryl methyl sites for hydroxylation is 1. The van der Waals surface area contributed by atoms with E-state index in [0.717, 1.165) is 22.2 Å². The maximum Gasteiger partial charge on any atom is 0.308 e. The highest BCUT2D eigenvalue weighted by molar-refractivity contribution is 6.35. The number of aromatic nitrogens is 5. The zero-order valence-corrected chi connectivity index (χ0v) is 21.0. The molecule has 1 aliphatic rings. The molecule has 5 rings (SSSR count). The van der Waals surface area contributed by atoms with Crippen LogP contribution in [0.1, 0.15) is 26.3 Å². The van der Waals surface area contributed by atoms with Gasteiger partial charge >= 0.3 is 5.91 Å². The normalized spacial score (nSPS) is 15.7. The number of aliphatic imine (C=N–C) groups is 1. The van der Waals surface area contributed by atoms with E-state index in [1.807, 2.05) is 45.0 Å². The van der Waals surface area contributed by atoms with E-state index >= 15 is 0 Å². The lowest BCUT2D eigenvalue weighted by atomic mass is 9.93. The van der Waals surface area contributed by atoms with Crippen molar-refractivity contribution in [2.75, 3.05) is 5.73 Å². The SMILES string of the molecule is Cn1cc(N)c(-c2nc3nccc(-c4ccc(CNC(=O)C5=NC(C(C)(C)C)NO5)c(Cl)c4)c3[nH]2)n1. The minimum Gasteiger partial charge on any atom is -0.396 e. The van der Waals surface area contributed by atoms with Gasteiger partial charge in [0.05, 0.1) is 11.2 Å². The minimum atomic E-state index is -0.413. The lowest BCUT2D eigenvalue weighted by molar-refractivity contribution is -0.116. The van der Waals surface area contributed by atoms with E-state index in [2.05, 4.69) is 35.8 Å². The highest BCUT2D eigenvalue weighted by Gasteiger charge is 2.32. The van der Waals surface area contributed by atoms with Crippen LogP contribution in [-0.4, -0.2) is 42.7 Å². The quantitative estimate of drug-likeness (QED) is 0.324. The van der Waals surface area contributed by atoms with E-state index in [1.54, 1.807) is 24.1 Å². The van der Waals surface area contributed by atoms with Crippen LogP contribution < -0.4 is 16.5 Å². The molecule has 1 aliphatic heterocycles. The van der Waals surface area contributed by atoms with Crippen molar-refractivity contribution < 1.29 is 9.63 Å². The molecule has 4 aromatic rings. The number of nitrogens with zero attached hydrogens (tertiary/aromatic N) is 5. The van der Waals surface area contributed by atoms with Gasteiger partial charge in [-0.3, -0.25) is 9.48 Å². The molecular formula is C24H26ClN9O2. The predicted octanol–water partition coefficient (Wildman–Crippen LogP) is 3.18. The zero-order valence-electron chi connectivity index (χ0n) is 20.3. The number of aromatic amines is 1. The number of hydrogen-bond acceptors (Lipinski definition) is 8. The molecule has 36 heavy (non-hydrogen) atoms. The van der Waals surface area contributed by atoms with Crippen molar-refractivity contribution in [3.05, 3.63) is 47.2 Å². The van der Waals surface area contributed by atoms with Gasteiger partial charge in [0.25, 0.3) is 5.90 Å². The second kappa shape index (κ2) is 8.92. The van der Waals surface area contributed by atoms with Gasteiger partial charge in [-0.25, -0.2) is 15.0 Å². The summed E-state index contributed by atoms with van der Waals surface area (Å²) in [6.07, 6.45) is 3.11. The monoisotopic (exact) mass is 507 g/mol. The molecule has 0 bridgehead atoms. The maximum atomic E-state index is 12.5. The van der Waals surface area contributed by atoms with Gasteiger partial charge in [-0.15, -0.1) is 5.48 Å². The molecule has 1 amide bonds. The van der Waals surface area contributed by atoms with Crippen molar-refractivity contribution in [3.63, 3.8) is 0 Å². The summed E-state index contributed by atoms with van der Waals surface area (Å²) in [6, 6.07) is 7.52. The number of rotatable bonds is 5. The predicted molar refractivity (Wildman–Crippen MR) is 138 cm³/mol. The molecular weight excluding hydrogens is 482 g/mol. The van der Waals surface area contributed by atoms with Crippen molar-refractivity contribution in [1.82, 2.24) is 35.5 Å². The van der Waals surface area contributed by atoms with Crippen LogP contribution in [0.4, 0.5) is 5.69 Å². The van der Waals surface area contributed by atoms with E-state index < -0.39 is 5.91 Å². The first-order chi connectivity index (χ1) is 17.1. The summed E-state index contributed by atoms with van der Waals surface area (Å²) in [5, 5.41) is 7.69. The molecule has 1 atom stereocenters. The molecule has 0 saturated carbocycles. The highest BCUT2D eigenvalue weighted by atomic mass is 35.5. The van der Waals surface area contributed by atoms with Crippen molar-refractivity contribution in [2.45, 2.75) is 33.5 Å². The number of carbonyl (C=O) groups excluding carboxylic acids is 1. The summed E-state index contributed by atoms with van der Waals surface area (Å²) >= 11 is 6.59. The molecule has 0 aliphatic carbocycles. The summed E-state index contributed by atoms with van der Waals surface area (Å²) in [6.45, 7) is 6.25. The zero-order chi connectivity index (χ0) is 25.6. The van der Waals surface area contributed by atoms with Gasteiger partial charge in [-0.2, -0.15) is 5.10 Å². The van der Waals surface area contributed by atoms with Gasteiger partial charge in [0.2, 0.25) is 0 Å². The Morgan fingerprint density at radius 2 is 2.11 bits per heavy atom.